The minimum Gasteiger partial charge on any atom is -0.505 e. The van der Waals surface area contributed by atoms with Gasteiger partial charge in [-0.1, -0.05) is 6.07 Å². The minimum atomic E-state index is -1.49. The number of carboxylic acid groups (broad SMARTS) is 1. The quantitative estimate of drug-likeness (QED) is 0.846. The Morgan fingerprint density at radius 3 is 2.63 bits per heavy atom. The number of halogens is 1. The summed E-state index contributed by atoms with van der Waals surface area (Å²) in [5, 5.41) is 21.6. The Kier molecular flexibility index (Phi) is 3.04. The van der Waals surface area contributed by atoms with Crippen LogP contribution in [0.15, 0.2) is 29.1 Å². The zero-order valence-electron chi connectivity index (χ0n) is 9.79. The molecule has 2 N–H and O–H groups in total. The molecule has 6 nitrogen and oxygen atoms in total. The van der Waals surface area contributed by atoms with Crippen molar-refractivity contribution in [2.75, 3.05) is 0 Å². The number of aromatic carboxylic acids is 1. The predicted octanol–water partition coefficient (Wildman–Crippen LogP) is 1.08. The summed E-state index contributed by atoms with van der Waals surface area (Å²) in [7, 11) is 0. The molecule has 0 saturated carbocycles. The number of hydrogen-bond donors (Lipinski definition) is 2. The number of carboxylic acids is 1. The maximum atomic E-state index is 13.4. The van der Waals surface area contributed by atoms with Crippen molar-refractivity contribution in [1.29, 1.82) is 0 Å². The van der Waals surface area contributed by atoms with E-state index in [1.165, 1.54) is 12.1 Å². The smallest absolute Gasteiger partial charge is 0.360 e. The summed E-state index contributed by atoms with van der Waals surface area (Å²) < 4.78 is 14.1. The minimum absolute atomic E-state index is 0.0793. The van der Waals surface area contributed by atoms with Gasteiger partial charge in [0.25, 0.3) is 5.56 Å². The van der Waals surface area contributed by atoms with Gasteiger partial charge in [-0.3, -0.25) is 4.79 Å². The lowest BCUT2D eigenvalue weighted by Gasteiger charge is -2.07. The van der Waals surface area contributed by atoms with Crippen LogP contribution in [0.25, 0.3) is 5.69 Å². The normalized spacial score (nSPS) is 10.4. The molecule has 98 valence electrons. The van der Waals surface area contributed by atoms with Crippen LogP contribution >= 0.6 is 0 Å². The molecule has 0 spiro atoms. The highest BCUT2D eigenvalue weighted by Crippen LogP contribution is 2.14. The van der Waals surface area contributed by atoms with Gasteiger partial charge >= 0.3 is 5.97 Å². The first-order valence-electron chi connectivity index (χ1n) is 5.23. The van der Waals surface area contributed by atoms with Crippen LogP contribution < -0.4 is 5.56 Å². The molecule has 0 fully saturated rings. The number of benzene rings is 1. The van der Waals surface area contributed by atoms with Gasteiger partial charge in [-0.2, -0.15) is 9.78 Å². The van der Waals surface area contributed by atoms with Crippen molar-refractivity contribution in [3.63, 3.8) is 0 Å². The highest BCUT2D eigenvalue weighted by atomic mass is 19.1. The van der Waals surface area contributed by atoms with Crippen molar-refractivity contribution in [3.8, 4) is 11.4 Å². The Balaban J connectivity index is 2.68. The van der Waals surface area contributed by atoms with Gasteiger partial charge in [-0.15, -0.1) is 0 Å². The first kappa shape index (κ1) is 12.7. The maximum absolute atomic E-state index is 13.4. The fourth-order valence-corrected chi connectivity index (χ4v) is 1.50. The van der Waals surface area contributed by atoms with Crippen molar-refractivity contribution in [1.82, 2.24) is 9.78 Å². The third-order valence-corrected chi connectivity index (χ3v) is 2.51. The summed E-state index contributed by atoms with van der Waals surface area (Å²) in [6.07, 6.45) is 0. The second-order valence-electron chi connectivity index (χ2n) is 3.87. The Morgan fingerprint density at radius 2 is 2.05 bits per heavy atom. The fourth-order valence-electron chi connectivity index (χ4n) is 1.50. The van der Waals surface area contributed by atoms with E-state index >= 15 is 0 Å². The van der Waals surface area contributed by atoms with Crippen LogP contribution in [0.2, 0.25) is 0 Å². The Morgan fingerprint density at radius 1 is 1.37 bits per heavy atom. The van der Waals surface area contributed by atoms with Crippen LogP contribution in [0.3, 0.4) is 0 Å². The molecule has 0 unspecified atom stereocenters. The van der Waals surface area contributed by atoms with E-state index in [1.807, 2.05) is 0 Å². The number of aromatic hydroxyl groups is 1. The van der Waals surface area contributed by atoms with Gasteiger partial charge in [0.1, 0.15) is 5.82 Å². The SMILES string of the molecule is Cc1ccc(-n2nc(C(=O)O)c(O)cc2=O)cc1F. The fraction of sp³-hybridized carbons (Fsp3) is 0.0833. The largest absolute Gasteiger partial charge is 0.505 e. The van der Waals surface area contributed by atoms with Crippen molar-refractivity contribution >= 4 is 5.97 Å². The predicted molar refractivity (Wildman–Crippen MR) is 63.2 cm³/mol. The molecule has 0 atom stereocenters. The van der Waals surface area contributed by atoms with Crippen molar-refractivity contribution in [3.05, 3.63) is 51.7 Å². The maximum Gasteiger partial charge on any atom is 0.360 e. The average molecular weight is 264 g/mol. The van der Waals surface area contributed by atoms with Crippen LogP contribution in [0, 0.1) is 12.7 Å². The molecule has 1 heterocycles. The highest BCUT2D eigenvalue weighted by molar-refractivity contribution is 5.88. The molecular formula is C12H9FN2O4. The molecule has 1 aromatic heterocycles. The number of aryl methyl sites for hydroxylation is 1. The number of nitrogens with zero attached hydrogens (tertiary/aromatic N) is 2. The van der Waals surface area contributed by atoms with Crippen LogP contribution in [-0.2, 0) is 0 Å². The summed E-state index contributed by atoms with van der Waals surface area (Å²) in [6, 6.07) is 4.64. The van der Waals surface area contributed by atoms with Crippen molar-refractivity contribution in [2.24, 2.45) is 0 Å². The average Bonchev–Trinajstić information content (AvgIpc) is 2.32. The van der Waals surface area contributed by atoms with Gasteiger partial charge in [0, 0.05) is 6.07 Å². The summed E-state index contributed by atoms with van der Waals surface area (Å²) in [4.78, 5) is 22.5. The Hall–Kier alpha value is -2.70. The zero-order valence-corrected chi connectivity index (χ0v) is 9.79. The molecule has 19 heavy (non-hydrogen) atoms. The van der Waals surface area contributed by atoms with E-state index in [0.29, 0.717) is 16.3 Å². The number of rotatable bonds is 2. The zero-order chi connectivity index (χ0) is 14.2. The van der Waals surface area contributed by atoms with Gasteiger partial charge in [0.2, 0.25) is 5.69 Å². The van der Waals surface area contributed by atoms with Crippen LogP contribution in [-0.4, -0.2) is 26.0 Å². The lowest BCUT2D eigenvalue weighted by molar-refractivity contribution is 0.0684. The van der Waals surface area contributed by atoms with Gasteiger partial charge in [-0.25, -0.2) is 9.18 Å². The molecule has 0 saturated heterocycles. The lowest BCUT2D eigenvalue weighted by atomic mass is 10.2. The second kappa shape index (κ2) is 4.52. The molecular weight excluding hydrogens is 255 g/mol. The van der Waals surface area contributed by atoms with Crippen molar-refractivity contribution in [2.45, 2.75) is 6.92 Å². The lowest BCUT2D eigenvalue weighted by Crippen LogP contribution is -2.23. The van der Waals surface area contributed by atoms with E-state index in [1.54, 1.807) is 6.92 Å². The third kappa shape index (κ3) is 2.30. The van der Waals surface area contributed by atoms with E-state index in [-0.39, 0.29) is 5.69 Å². The van der Waals surface area contributed by atoms with E-state index in [9.17, 15) is 19.1 Å². The van der Waals surface area contributed by atoms with Gasteiger partial charge in [0.15, 0.2) is 5.75 Å². The van der Waals surface area contributed by atoms with Crippen LogP contribution in [0.4, 0.5) is 4.39 Å². The molecule has 0 aliphatic heterocycles. The molecule has 0 aliphatic rings. The standard InChI is InChI=1S/C12H9FN2O4/c1-6-2-3-7(4-8(6)13)15-10(17)5-9(16)11(14-15)12(18)19/h2-5,16H,1H3,(H,18,19). The van der Waals surface area contributed by atoms with E-state index in [0.717, 1.165) is 6.07 Å². The summed E-state index contributed by atoms with van der Waals surface area (Å²) in [5.74, 6) is -2.77. The summed E-state index contributed by atoms with van der Waals surface area (Å²) in [6.45, 7) is 1.55. The first-order chi connectivity index (χ1) is 8.90. The monoisotopic (exact) mass is 264 g/mol. The number of aromatic nitrogens is 2. The van der Waals surface area contributed by atoms with E-state index in [2.05, 4.69) is 5.10 Å². The third-order valence-electron chi connectivity index (χ3n) is 2.51. The Bertz CT molecular complexity index is 724. The van der Waals surface area contributed by atoms with E-state index < -0.39 is 28.8 Å². The van der Waals surface area contributed by atoms with Gasteiger partial charge in [0.05, 0.1) is 5.69 Å². The number of carbonyl (C=O) groups is 1. The van der Waals surface area contributed by atoms with Crippen molar-refractivity contribution < 1.29 is 19.4 Å². The van der Waals surface area contributed by atoms with Gasteiger partial charge < -0.3 is 10.2 Å². The van der Waals surface area contributed by atoms with Crippen LogP contribution in [0.1, 0.15) is 16.1 Å². The van der Waals surface area contributed by atoms with Crippen LogP contribution in [0.5, 0.6) is 5.75 Å². The molecule has 1 aromatic carbocycles. The molecule has 0 bridgehead atoms. The summed E-state index contributed by atoms with van der Waals surface area (Å²) in [5.41, 5.74) is -0.976. The first-order valence-corrected chi connectivity index (χ1v) is 5.23. The Labute approximate surface area is 106 Å². The second-order valence-corrected chi connectivity index (χ2v) is 3.87. The van der Waals surface area contributed by atoms with Gasteiger partial charge in [-0.05, 0) is 24.6 Å². The van der Waals surface area contributed by atoms with E-state index in [4.69, 9.17) is 5.11 Å². The molecule has 0 radical (unpaired) electrons. The molecule has 0 amide bonds. The summed E-state index contributed by atoms with van der Waals surface area (Å²) >= 11 is 0. The molecule has 7 heteroatoms. The molecule has 2 rings (SSSR count). The highest BCUT2D eigenvalue weighted by Gasteiger charge is 2.15. The molecule has 2 aromatic rings. The topological polar surface area (TPSA) is 92.4 Å². The number of hydrogen-bond acceptors (Lipinski definition) is 4. The molecule has 0 aliphatic carbocycles.